The summed E-state index contributed by atoms with van der Waals surface area (Å²) in [6, 6.07) is 0.418. The van der Waals surface area contributed by atoms with Gasteiger partial charge in [-0.3, -0.25) is 0 Å². The number of alkyl halides is 6. The van der Waals surface area contributed by atoms with Gasteiger partial charge in [0.2, 0.25) is 0 Å². The predicted molar refractivity (Wildman–Crippen MR) is 53.4 cm³/mol. The van der Waals surface area contributed by atoms with E-state index >= 15 is 0 Å². The van der Waals surface area contributed by atoms with Crippen LogP contribution in [0.2, 0.25) is 0 Å². The van der Waals surface area contributed by atoms with Crippen LogP contribution in [0.3, 0.4) is 0 Å². The smallest absolute Gasteiger partial charge is 0.416 e. The van der Waals surface area contributed by atoms with Crippen molar-refractivity contribution in [3.8, 4) is 0 Å². The third kappa shape index (κ3) is 3.62. The molecular weight excluding hydrogens is 294 g/mol. The zero-order valence-electron chi connectivity index (χ0n) is 9.84. The van der Waals surface area contributed by atoms with Gasteiger partial charge in [0, 0.05) is 0 Å². The van der Waals surface area contributed by atoms with Crippen LogP contribution in [0.5, 0.6) is 0 Å². The number of esters is 1. The quantitative estimate of drug-likeness (QED) is 0.675. The molecule has 20 heavy (non-hydrogen) atoms. The highest BCUT2D eigenvalue weighted by atomic mass is 19.4. The standard InChI is InChI=1S/C11H8F6O3/c1-20-9(19)8(18)5-2-6(10(12,13)14)4-7(3-5)11(15,16)17/h2-4,8,18H,1H3. The molecular formula is C11H8F6O3. The minimum Gasteiger partial charge on any atom is -0.467 e. The van der Waals surface area contributed by atoms with Crippen molar-refractivity contribution in [1.82, 2.24) is 0 Å². The van der Waals surface area contributed by atoms with Gasteiger partial charge in [0.15, 0.2) is 6.10 Å². The molecule has 1 unspecified atom stereocenters. The van der Waals surface area contributed by atoms with E-state index in [-0.39, 0.29) is 18.2 Å². The molecule has 1 atom stereocenters. The van der Waals surface area contributed by atoms with Gasteiger partial charge in [-0.25, -0.2) is 4.79 Å². The Labute approximate surface area is 108 Å². The first kappa shape index (κ1) is 16.3. The molecule has 0 saturated heterocycles. The molecule has 0 fully saturated rings. The number of rotatable bonds is 2. The number of carbonyl (C=O) groups excluding carboxylic acids is 1. The van der Waals surface area contributed by atoms with Gasteiger partial charge in [0.05, 0.1) is 18.2 Å². The van der Waals surface area contributed by atoms with Crippen LogP contribution in [0.25, 0.3) is 0 Å². The Kier molecular flexibility index (Phi) is 4.33. The third-order valence-corrected chi connectivity index (χ3v) is 2.35. The highest BCUT2D eigenvalue weighted by molar-refractivity contribution is 5.76. The average molecular weight is 302 g/mol. The maximum atomic E-state index is 12.5. The van der Waals surface area contributed by atoms with E-state index < -0.39 is 41.1 Å². The molecule has 1 N–H and O–H groups in total. The second-order valence-electron chi connectivity index (χ2n) is 3.76. The van der Waals surface area contributed by atoms with Crippen molar-refractivity contribution in [3.63, 3.8) is 0 Å². The lowest BCUT2D eigenvalue weighted by atomic mass is 10.0. The summed E-state index contributed by atoms with van der Waals surface area (Å²) >= 11 is 0. The maximum absolute atomic E-state index is 12.5. The van der Waals surface area contributed by atoms with E-state index in [0.717, 1.165) is 7.11 Å². The van der Waals surface area contributed by atoms with Gasteiger partial charge in [-0.15, -0.1) is 0 Å². The van der Waals surface area contributed by atoms with Crippen LogP contribution in [0, 0.1) is 0 Å². The fourth-order valence-corrected chi connectivity index (χ4v) is 1.38. The van der Waals surface area contributed by atoms with Crippen molar-refractivity contribution >= 4 is 5.97 Å². The summed E-state index contributed by atoms with van der Waals surface area (Å²) in [5.74, 6) is -1.36. The van der Waals surface area contributed by atoms with E-state index in [0.29, 0.717) is 0 Å². The molecule has 1 rings (SSSR count). The molecule has 1 aromatic rings. The van der Waals surface area contributed by atoms with Crippen molar-refractivity contribution < 1.29 is 41.0 Å². The number of halogens is 6. The first-order valence-electron chi connectivity index (χ1n) is 5.02. The lowest BCUT2D eigenvalue weighted by Crippen LogP contribution is -2.17. The Hall–Kier alpha value is -1.77. The second-order valence-corrected chi connectivity index (χ2v) is 3.76. The molecule has 0 aliphatic carbocycles. The summed E-state index contributed by atoms with van der Waals surface area (Å²) in [6.45, 7) is 0. The van der Waals surface area contributed by atoms with E-state index in [4.69, 9.17) is 0 Å². The second kappa shape index (κ2) is 5.31. The van der Waals surface area contributed by atoms with Gasteiger partial charge >= 0.3 is 18.3 Å². The molecule has 0 spiro atoms. The van der Waals surface area contributed by atoms with Crippen molar-refractivity contribution in [3.05, 3.63) is 34.9 Å². The zero-order chi connectivity index (χ0) is 15.7. The van der Waals surface area contributed by atoms with Crippen LogP contribution < -0.4 is 0 Å². The Balaban J connectivity index is 3.42. The van der Waals surface area contributed by atoms with Gasteiger partial charge in [-0.2, -0.15) is 26.3 Å². The van der Waals surface area contributed by atoms with E-state index in [2.05, 4.69) is 4.74 Å². The lowest BCUT2D eigenvalue weighted by Gasteiger charge is -2.16. The Bertz CT molecular complexity index is 474. The van der Waals surface area contributed by atoms with Gasteiger partial charge < -0.3 is 9.84 Å². The number of carbonyl (C=O) groups is 1. The summed E-state index contributed by atoms with van der Waals surface area (Å²) in [6.07, 6.45) is -12.3. The molecule has 1 aromatic carbocycles. The topological polar surface area (TPSA) is 46.5 Å². The van der Waals surface area contributed by atoms with Gasteiger partial charge in [0.25, 0.3) is 0 Å². The normalized spacial score (nSPS) is 14.0. The van der Waals surface area contributed by atoms with E-state index in [1.165, 1.54) is 0 Å². The maximum Gasteiger partial charge on any atom is 0.416 e. The zero-order valence-corrected chi connectivity index (χ0v) is 9.84. The molecule has 0 radical (unpaired) electrons. The van der Waals surface area contributed by atoms with Gasteiger partial charge in [0.1, 0.15) is 0 Å². The summed E-state index contributed by atoms with van der Waals surface area (Å²) in [7, 11) is 0.837. The minimum atomic E-state index is -5.05. The average Bonchev–Trinajstić information content (AvgIpc) is 2.34. The van der Waals surface area contributed by atoms with Gasteiger partial charge in [-0.05, 0) is 23.8 Å². The third-order valence-electron chi connectivity index (χ3n) is 2.35. The Morgan fingerprint density at radius 2 is 1.45 bits per heavy atom. The number of ether oxygens (including phenoxy) is 1. The molecule has 0 aliphatic heterocycles. The van der Waals surface area contributed by atoms with Crippen molar-refractivity contribution in [2.75, 3.05) is 7.11 Å². The minimum absolute atomic E-state index is 0.104. The lowest BCUT2D eigenvalue weighted by molar-refractivity contribution is -0.151. The Morgan fingerprint density at radius 3 is 1.75 bits per heavy atom. The number of hydrogen-bond donors (Lipinski definition) is 1. The van der Waals surface area contributed by atoms with Crippen LogP contribution in [0.15, 0.2) is 18.2 Å². The van der Waals surface area contributed by atoms with E-state index in [1.54, 1.807) is 0 Å². The molecule has 0 aliphatic rings. The van der Waals surface area contributed by atoms with Crippen molar-refractivity contribution in [1.29, 1.82) is 0 Å². The number of benzene rings is 1. The number of aliphatic hydroxyl groups excluding tert-OH is 1. The van der Waals surface area contributed by atoms with Crippen LogP contribution in [-0.2, 0) is 21.9 Å². The van der Waals surface area contributed by atoms with Crippen LogP contribution in [-0.4, -0.2) is 18.2 Å². The Morgan fingerprint density at radius 1 is 1.05 bits per heavy atom. The SMILES string of the molecule is COC(=O)C(O)c1cc(C(F)(F)F)cc(C(F)(F)F)c1. The summed E-state index contributed by atoms with van der Waals surface area (Å²) in [5, 5.41) is 9.36. The van der Waals surface area contributed by atoms with Crippen LogP contribution in [0.4, 0.5) is 26.3 Å². The molecule has 0 amide bonds. The van der Waals surface area contributed by atoms with Gasteiger partial charge in [-0.1, -0.05) is 0 Å². The highest BCUT2D eigenvalue weighted by Crippen LogP contribution is 2.37. The highest BCUT2D eigenvalue weighted by Gasteiger charge is 2.38. The molecule has 0 saturated carbocycles. The first-order chi connectivity index (χ1) is 8.96. The number of methoxy groups -OCH3 is 1. The first-order valence-corrected chi connectivity index (χ1v) is 5.02. The van der Waals surface area contributed by atoms with Crippen molar-refractivity contribution in [2.45, 2.75) is 18.5 Å². The van der Waals surface area contributed by atoms with E-state index in [9.17, 15) is 36.2 Å². The summed E-state index contributed by atoms with van der Waals surface area (Å²) < 4.78 is 79.2. The fourth-order valence-electron chi connectivity index (χ4n) is 1.38. The monoisotopic (exact) mass is 302 g/mol. The molecule has 0 aromatic heterocycles. The van der Waals surface area contributed by atoms with Crippen LogP contribution >= 0.6 is 0 Å². The molecule has 9 heteroatoms. The summed E-state index contributed by atoms with van der Waals surface area (Å²) in [4.78, 5) is 11.0. The van der Waals surface area contributed by atoms with Crippen molar-refractivity contribution in [2.24, 2.45) is 0 Å². The number of aliphatic hydroxyl groups is 1. The summed E-state index contributed by atoms with van der Waals surface area (Å²) in [5.41, 5.74) is -4.09. The molecule has 0 bridgehead atoms. The fraction of sp³-hybridized carbons (Fsp3) is 0.364. The number of hydrogen-bond acceptors (Lipinski definition) is 3. The van der Waals surface area contributed by atoms with E-state index in [1.807, 2.05) is 0 Å². The molecule has 3 nitrogen and oxygen atoms in total. The van der Waals surface area contributed by atoms with Crippen LogP contribution in [0.1, 0.15) is 22.8 Å². The predicted octanol–water partition coefficient (Wildman–Crippen LogP) is 2.93. The molecule has 112 valence electrons. The largest absolute Gasteiger partial charge is 0.467 e. The molecule has 0 heterocycles.